The molecule has 3 nitrogen and oxygen atoms in total. The van der Waals surface area contributed by atoms with Gasteiger partial charge in [0, 0.05) is 17.7 Å². The van der Waals surface area contributed by atoms with Gasteiger partial charge < -0.3 is 15.6 Å². The first kappa shape index (κ1) is 15.1. The summed E-state index contributed by atoms with van der Waals surface area (Å²) in [7, 11) is 1.57. The largest absolute Gasteiger partial charge is 0.507 e. The first-order valence-electron chi connectivity index (χ1n) is 4.98. The highest BCUT2D eigenvalue weighted by molar-refractivity contribution is 5.85. The molecule has 0 aliphatic rings. The standard InChI is InChI=1S/C12H19NO2.ClH/c1-12(2,3)11(13)9-6-5-8(15-4)7-10(9)14;/h5-7,11,14H,13H2,1-4H3;1H/t11-;/m0./s1. The monoisotopic (exact) mass is 245 g/mol. The number of aromatic hydroxyl groups is 1. The molecule has 0 bridgehead atoms. The fourth-order valence-corrected chi connectivity index (χ4v) is 1.38. The maximum Gasteiger partial charge on any atom is 0.124 e. The molecular weight excluding hydrogens is 226 g/mol. The predicted octanol–water partition coefficient (Wildman–Crippen LogP) is 2.87. The van der Waals surface area contributed by atoms with Crippen molar-refractivity contribution in [3.8, 4) is 11.5 Å². The molecule has 1 aromatic rings. The summed E-state index contributed by atoms with van der Waals surface area (Å²) >= 11 is 0. The second kappa shape index (κ2) is 5.41. The summed E-state index contributed by atoms with van der Waals surface area (Å²) in [5, 5.41) is 9.80. The van der Waals surface area contributed by atoms with Gasteiger partial charge in [-0.2, -0.15) is 0 Å². The highest BCUT2D eigenvalue weighted by Gasteiger charge is 2.24. The van der Waals surface area contributed by atoms with Crippen LogP contribution in [-0.4, -0.2) is 12.2 Å². The van der Waals surface area contributed by atoms with Crippen LogP contribution in [0.25, 0.3) is 0 Å². The molecule has 0 saturated heterocycles. The lowest BCUT2D eigenvalue weighted by molar-refractivity contribution is 0.316. The van der Waals surface area contributed by atoms with Crippen LogP contribution in [0.15, 0.2) is 18.2 Å². The van der Waals surface area contributed by atoms with Gasteiger partial charge in [0.1, 0.15) is 11.5 Å². The van der Waals surface area contributed by atoms with Crippen molar-refractivity contribution in [1.82, 2.24) is 0 Å². The fourth-order valence-electron chi connectivity index (χ4n) is 1.38. The van der Waals surface area contributed by atoms with Crippen molar-refractivity contribution < 1.29 is 9.84 Å². The smallest absolute Gasteiger partial charge is 0.124 e. The minimum Gasteiger partial charge on any atom is -0.507 e. The van der Waals surface area contributed by atoms with E-state index in [0.717, 1.165) is 5.56 Å². The Bertz CT molecular complexity index is 347. The molecular formula is C12H20ClNO2. The van der Waals surface area contributed by atoms with Crippen LogP contribution < -0.4 is 10.5 Å². The molecule has 1 atom stereocenters. The molecule has 3 N–H and O–H groups in total. The Morgan fingerprint density at radius 1 is 1.31 bits per heavy atom. The maximum atomic E-state index is 9.80. The second-order valence-electron chi connectivity index (χ2n) is 4.77. The molecule has 0 amide bonds. The first-order chi connectivity index (χ1) is 6.86. The van der Waals surface area contributed by atoms with E-state index in [0.29, 0.717) is 5.75 Å². The van der Waals surface area contributed by atoms with Crippen molar-refractivity contribution in [3.63, 3.8) is 0 Å². The zero-order chi connectivity index (χ0) is 11.6. The number of hydrogen-bond acceptors (Lipinski definition) is 3. The normalized spacial score (nSPS) is 12.8. The minimum atomic E-state index is -0.191. The molecule has 1 aromatic carbocycles. The van der Waals surface area contributed by atoms with Crippen molar-refractivity contribution in [1.29, 1.82) is 0 Å². The van der Waals surface area contributed by atoms with Crippen molar-refractivity contribution in [3.05, 3.63) is 23.8 Å². The van der Waals surface area contributed by atoms with Crippen molar-refractivity contribution in [2.24, 2.45) is 11.1 Å². The average Bonchev–Trinajstić information content (AvgIpc) is 2.15. The summed E-state index contributed by atoms with van der Waals surface area (Å²) in [5.41, 5.74) is 6.74. The van der Waals surface area contributed by atoms with E-state index < -0.39 is 0 Å². The Morgan fingerprint density at radius 2 is 1.88 bits per heavy atom. The molecule has 16 heavy (non-hydrogen) atoms. The number of nitrogens with two attached hydrogens (primary N) is 1. The quantitative estimate of drug-likeness (QED) is 0.843. The fraction of sp³-hybridized carbons (Fsp3) is 0.500. The molecule has 1 rings (SSSR count). The third kappa shape index (κ3) is 3.29. The molecule has 0 fully saturated rings. The van der Waals surface area contributed by atoms with Crippen LogP contribution in [0, 0.1) is 5.41 Å². The number of hydrogen-bond donors (Lipinski definition) is 2. The molecule has 0 aromatic heterocycles. The Morgan fingerprint density at radius 3 is 2.25 bits per heavy atom. The highest BCUT2D eigenvalue weighted by Crippen LogP contribution is 2.36. The lowest BCUT2D eigenvalue weighted by atomic mass is 9.83. The van der Waals surface area contributed by atoms with Crippen LogP contribution in [0.1, 0.15) is 32.4 Å². The molecule has 0 aliphatic heterocycles. The Hall–Kier alpha value is -0.930. The first-order valence-corrected chi connectivity index (χ1v) is 4.98. The summed E-state index contributed by atoms with van der Waals surface area (Å²) in [6.07, 6.45) is 0. The van der Waals surface area contributed by atoms with E-state index in [2.05, 4.69) is 0 Å². The summed E-state index contributed by atoms with van der Waals surface area (Å²) in [6, 6.07) is 5.01. The molecule has 0 saturated carbocycles. The van der Waals surface area contributed by atoms with Crippen LogP contribution in [0.4, 0.5) is 0 Å². The average molecular weight is 246 g/mol. The van der Waals surface area contributed by atoms with Crippen molar-refractivity contribution in [2.75, 3.05) is 7.11 Å². The number of methoxy groups -OCH3 is 1. The summed E-state index contributed by atoms with van der Waals surface area (Å²) in [5.74, 6) is 0.828. The number of ether oxygens (including phenoxy) is 1. The summed E-state index contributed by atoms with van der Waals surface area (Å²) < 4.78 is 5.01. The van der Waals surface area contributed by atoms with E-state index in [1.807, 2.05) is 26.8 Å². The van der Waals surface area contributed by atoms with E-state index in [9.17, 15) is 5.11 Å². The van der Waals surface area contributed by atoms with Gasteiger partial charge in [0.15, 0.2) is 0 Å². The van der Waals surface area contributed by atoms with Crippen LogP contribution in [-0.2, 0) is 0 Å². The van der Waals surface area contributed by atoms with Gasteiger partial charge in [0.05, 0.1) is 7.11 Å². The topological polar surface area (TPSA) is 55.5 Å². The van der Waals surface area contributed by atoms with E-state index in [1.54, 1.807) is 19.2 Å². The maximum absolute atomic E-state index is 9.80. The van der Waals surface area contributed by atoms with Gasteiger partial charge in [-0.1, -0.05) is 26.8 Å². The van der Waals surface area contributed by atoms with E-state index in [4.69, 9.17) is 10.5 Å². The van der Waals surface area contributed by atoms with E-state index in [-0.39, 0.29) is 29.6 Å². The summed E-state index contributed by atoms with van der Waals surface area (Å²) in [6.45, 7) is 6.13. The number of phenols is 1. The van der Waals surface area contributed by atoms with E-state index >= 15 is 0 Å². The molecule has 0 radical (unpaired) electrons. The minimum absolute atomic E-state index is 0. The molecule has 0 unspecified atom stereocenters. The zero-order valence-corrected chi connectivity index (χ0v) is 11.0. The van der Waals surface area contributed by atoms with Gasteiger partial charge in [0.2, 0.25) is 0 Å². The van der Waals surface area contributed by atoms with Crippen LogP contribution >= 0.6 is 12.4 Å². The lowest BCUT2D eigenvalue weighted by Gasteiger charge is -2.28. The molecule has 92 valence electrons. The second-order valence-corrected chi connectivity index (χ2v) is 4.77. The Kier molecular flexibility index (Phi) is 5.10. The third-order valence-corrected chi connectivity index (χ3v) is 2.51. The van der Waals surface area contributed by atoms with Gasteiger partial charge in [-0.05, 0) is 11.5 Å². The van der Waals surface area contributed by atoms with Crippen molar-refractivity contribution in [2.45, 2.75) is 26.8 Å². The molecule has 0 heterocycles. The van der Waals surface area contributed by atoms with Crippen LogP contribution in [0.3, 0.4) is 0 Å². The van der Waals surface area contributed by atoms with Gasteiger partial charge >= 0.3 is 0 Å². The van der Waals surface area contributed by atoms with Crippen LogP contribution in [0.2, 0.25) is 0 Å². The summed E-state index contributed by atoms with van der Waals surface area (Å²) in [4.78, 5) is 0. The molecule has 4 heteroatoms. The number of halogens is 1. The van der Waals surface area contributed by atoms with Crippen molar-refractivity contribution >= 4 is 12.4 Å². The Balaban J connectivity index is 0.00000225. The molecule has 0 spiro atoms. The lowest BCUT2D eigenvalue weighted by Crippen LogP contribution is -2.26. The van der Waals surface area contributed by atoms with Gasteiger partial charge in [0.25, 0.3) is 0 Å². The number of benzene rings is 1. The van der Waals surface area contributed by atoms with E-state index in [1.165, 1.54) is 0 Å². The molecule has 0 aliphatic carbocycles. The van der Waals surface area contributed by atoms with Crippen LogP contribution in [0.5, 0.6) is 11.5 Å². The number of phenolic OH excluding ortho intramolecular Hbond substituents is 1. The van der Waals surface area contributed by atoms with Gasteiger partial charge in [-0.15, -0.1) is 12.4 Å². The van der Waals surface area contributed by atoms with Gasteiger partial charge in [-0.3, -0.25) is 0 Å². The van der Waals surface area contributed by atoms with Gasteiger partial charge in [-0.25, -0.2) is 0 Å². The SMILES string of the molecule is COc1ccc([C@H](N)C(C)(C)C)c(O)c1.Cl. The third-order valence-electron chi connectivity index (χ3n) is 2.51. The highest BCUT2D eigenvalue weighted by atomic mass is 35.5. The number of rotatable bonds is 2. The Labute approximate surface area is 103 Å². The predicted molar refractivity (Wildman–Crippen MR) is 68.3 cm³/mol. The zero-order valence-electron chi connectivity index (χ0n) is 10.2.